The Bertz CT molecular complexity index is 231. The second-order valence-corrected chi connectivity index (χ2v) is 3.24. The van der Waals surface area contributed by atoms with Crippen LogP contribution in [0.2, 0.25) is 0 Å². The van der Waals surface area contributed by atoms with Crippen molar-refractivity contribution in [2.75, 3.05) is 0 Å². The average Bonchev–Trinajstić information content (AvgIpc) is 2.15. The molecule has 2 atom stereocenters. The lowest BCUT2D eigenvalue weighted by molar-refractivity contribution is -0.0268. The van der Waals surface area contributed by atoms with Crippen molar-refractivity contribution in [2.45, 2.75) is 32.7 Å². The van der Waals surface area contributed by atoms with Crippen molar-refractivity contribution in [1.82, 2.24) is 0 Å². The first-order chi connectivity index (χ1) is 6.20. The van der Waals surface area contributed by atoms with Gasteiger partial charge in [-0.25, -0.2) is 0 Å². The standard InChI is InChI=1S/C11H16O2/c1-9(12)10(2)13-8-11-6-4-3-5-7-11/h3-7,9-10,12H,8H2,1-2H3/t9?,10-/m0/s1. The SMILES string of the molecule is CC(O)[C@H](C)OCc1ccccc1. The summed E-state index contributed by atoms with van der Waals surface area (Å²) < 4.78 is 5.44. The monoisotopic (exact) mass is 180 g/mol. The van der Waals surface area contributed by atoms with Crippen LogP contribution in [0, 0.1) is 0 Å². The lowest BCUT2D eigenvalue weighted by Crippen LogP contribution is -2.22. The second-order valence-electron chi connectivity index (χ2n) is 3.24. The molecular formula is C11H16O2. The molecular weight excluding hydrogens is 164 g/mol. The smallest absolute Gasteiger partial charge is 0.0807 e. The van der Waals surface area contributed by atoms with Crippen molar-refractivity contribution < 1.29 is 9.84 Å². The van der Waals surface area contributed by atoms with E-state index in [1.807, 2.05) is 37.3 Å². The van der Waals surface area contributed by atoms with Gasteiger partial charge in [0.1, 0.15) is 0 Å². The molecule has 72 valence electrons. The van der Waals surface area contributed by atoms with Crippen molar-refractivity contribution in [3.05, 3.63) is 35.9 Å². The summed E-state index contributed by atoms with van der Waals surface area (Å²) in [6.45, 7) is 4.16. The van der Waals surface area contributed by atoms with Crippen molar-refractivity contribution in [2.24, 2.45) is 0 Å². The van der Waals surface area contributed by atoms with Gasteiger partial charge in [0.25, 0.3) is 0 Å². The van der Waals surface area contributed by atoms with E-state index in [2.05, 4.69) is 0 Å². The van der Waals surface area contributed by atoms with Crippen LogP contribution in [0.15, 0.2) is 30.3 Å². The van der Waals surface area contributed by atoms with E-state index in [-0.39, 0.29) is 6.10 Å². The largest absolute Gasteiger partial charge is 0.391 e. The van der Waals surface area contributed by atoms with Crippen LogP contribution in [0.5, 0.6) is 0 Å². The number of hydrogen-bond acceptors (Lipinski definition) is 2. The normalized spacial score (nSPS) is 15.3. The maximum Gasteiger partial charge on any atom is 0.0807 e. The zero-order chi connectivity index (χ0) is 9.68. The fourth-order valence-corrected chi connectivity index (χ4v) is 0.941. The first-order valence-corrected chi connectivity index (χ1v) is 4.53. The van der Waals surface area contributed by atoms with Crippen LogP contribution in [-0.4, -0.2) is 17.3 Å². The number of rotatable bonds is 4. The van der Waals surface area contributed by atoms with E-state index in [0.717, 1.165) is 5.56 Å². The zero-order valence-corrected chi connectivity index (χ0v) is 8.10. The van der Waals surface area contributed by atoms with Gasteiger partial charge in [0, 0.05) is 0 Å². The molecule has 0 aromatic heterocycles. The lowest BCUT2D eigenvalue weighted by Gasteiger charge is -2.15. The molecule has 0 saturated carbocycles. The van der Waals surface area contributed by atoms with Crippen LogP contribution in [-0.2, 0) is 11.3 Å². The van der Waals surface area contributed by atoms with E-state index in [9.17, 15) is 5.11 Å². The number of benzene rings is 1. The topological polar surface area (TPSA) is 29.5 Å². The Kier molecular flexibility index (Phi) is 3.93. The molecule has 0 aliphatic heterocycles. The van der Waals surface area contributed by atoms with Gasteiger partial charge in [0.15, 0.2) is 0 Å². The Hall–Kier alpha value is -0.860. The van der Waals surface area contributed by atoms with Gasteiger partial charge in [-0.15, -0.1) is 0 Å². The van der Waals surface area contributed by atoms with Crippen LogP contribution < -0.4 is 0 Å². The van der Waals surface area contributed by atoms with E-state index in [0.29, 0.717) is 6.61 Å². The summed E-state index contributed by atoms with van der Waals surface area (Å²) in [5, 5.41) is 9.17. The van der Waals surface area contributed by atoms with Gasteiger partial charge in [-0.05, 0) is 19.4 Å². The van der Waals surface area contributed by atoms with E-state index in [1.54, 1.807) is 6.92 Å². The highest BCUT2D eigenvalue weighted by Gasteiger charge is 2.08. The lowest BCUT2D eigenvalue weighted by atomic mass is 10.2. The van der Waals surface area contributed by atoms with Crippen molar-refractivity contribution in [3.63, 3.8) is 0 Å². The fourth-order valence-electron chi connectivity index (χ4n) is 0.941. The molecule has 1 rings (SSSR count). The van der Waals surface area contributed by atoms with Gasteiger partial charge in [0.2, 0.25) is 0 Å². The van der Waals surface area contributed by atoms with E-state index in [4.69, 9.17) is 4.74 Å². The molecule has 0 aliphatic rings. The molecule has 1 aromatic rings. The van der Waals surface area contributed by atoms with E-state index >= 15 is 0 Å². The summed E-state index contributed by atoms with van der Waals surface area (Å²) in [7, 11) is 0. The minimum absolute atomic E-state index is 0.111. The van der Waals surface area contributed by atoms with Gasteiger partial charge >= 0.3 is 0 Å². The highest BCUT2D eigenvalue weighted by molar-refractivity contribution is 5.13. The Morgan fingerprint density at radius 2 is 1.85 bits per heavy atom. The third-order valence-corrected chi connectivity index (χ3v) is 2.04. The molecule has 0 bridgehead atoms. The van der Waals surface area contributed by atoms with Gasteiger partial charge in [0.05, 0.1) is 18.8 Å². The van der Waals surface area contributed by atoms with E-state index < -0.39 is 6.10 Å². The molecule has 2 heteroatoms. The highest BCUT2D eigenvalue weighted by atomic mass is 16.5. The molecule has 1 unspecified atom stereocenters. The Labute approximate surface area is 79.2 Å². The average molecular weight is 180 g/mol. The molecule has 13 heavy (non-hydrogen) atoms. The van der Waals surface area contributed by atoms with Crippen LogP contribution >= 0.6 is 0 Å². The molecule has 0 spiro atoms. The predicted octanol–water partition coefficient (Wildman–Crippen LogP) is 1.97. The number of aliphatic hydroxyl groups is 1. The van der Waals surface area contributed by atoms with Gasteiger partial charge in [-0.3, -0.25) is 0 Å². The van der Waals surface area contributed by atoms with E-state index in [1.165, 1.54) is 0 Å². The highest BCUT2D eigenvalue weighted by Crippen LogP contribution is 2.05. The fraction of sp³-hybridized carbons (Fsp3) is 0.455. The number of ether oxygens (including phenoxy) is 1. The van der Waals surface area contributed by atoms with Crippen LogP contribution in [0.4, 0.5) is 0 Å². The molecule has 1 N–H and O–H groups in total. The molecule has 0 radical (unpaired) electrons. The second kappa shape index (κ2) is 5.00. The first kappa shape index (κ1) is 10.2. The maximum atomic E-state index is 9.17. The molecule has 0 aliphatic carbocycles. The first-order valence-electron chi connectivity index (χ1n) is 4.53. The van der Waals surface area contributed by atoms with Crippen LogP contribution in [0.1, 0.15) is 19.4 Å². The Balaban J connectivity index is 2.35. The third kappa shape index (κ3) is 3.57. The molecule has 2 nitrogen and oxygen atoms in total. The summed E-state index contributed by atoms with van der Waals surface area (Å²) in [4.78, 5) is 0. The Morgan fingerprint density at radius 3 is 2.38 bits per heavy atom. The molecule has 0 saturated heterocycles. The summed E-state index contributed by atoms with van der Waals surface area (Å²) in [5.41, 5.74) is 1.13. The predicted molar refractivity (Wildman–Crippen MR) is 52.4 cm³/mol. The maximum absolute atomic E-state index is 9.17. The summed E-state index contributed by atoms with van der Waals surface area (Å²) in [6, 6.07) is 9.95. The molecule has 1 aromatic carbocycles. The van der Waals surface area contributed by atoms with Crippen LogP contribution in [0.25, 0.3) is 0 Å². The minimum Gasteiger partial charge on any atom is -0.391 e. The van der Waals surface area contributed by atoms with Crippen LogP contribution in [0.3, 0.4) is 0 Å². The van der Waals surface area contributed by atoms with Gasteiger partial charge < -0.3 is 9.84 Å². The zero-order valence-electron chi connectivity index (χ0n) is 8.10. The van der Waals surface area contributed by atoms with Crippen molar-refractivity contribution in [1.29, 1.82) is 0 Å². The van der Waals surface area contributed by atoms with Gasteiger partial charge in [-0.1, -0.05) is 30.3 Å². The molecule has 0 fully saturated rings. The molecule has 0 heterocycles. The summed E-state index contributed by atoms with van der Waals surface area (Å²) in [6.07, 6.45) is -0.524. The van der Waals surface area contributed by atoms with Crippen molar-refractivity contribution in [3.8, 4) is 0 Å². The van der Waals surface area contributed by atoms with Crippen molar-refractivity contribution >= 4 is 0 Å². The quantitative estimate of drug-likeness (QED) is 0.767. The molecule has 0 amide bonds. The Morgan fingerprint density at radius 1 is 1.23 bits per heavy atom. The number of aliphatic hydroxyl groups excluding tert-OH is 1. The third-order valence-electron chi connectivity index (χ3n) is 2.04. The minimum atomic E-state index is -0.413. The van der Waals surface area contributed by atoms with Gasteiger partial charge in [-0.2, -0.15) is 0 Å². The summed E-state index contributed by atoms with van der Waals surface area (Å²) in [5.74, 6) is 0. The number of hydrogen-bond donors (Lipinski definition) is 1. The summed E-state index contributed by atoms with van der Waals surface area (Å²) >= 11 is 0.